The summed E-state index contributed by atoms with van der Waals surface area (Å²) in [6.45, 7) is 0.872. The molecule has 0 radical (unpaired) electrons. The van der Waals surface area contributed by atoms with E-state index in [0.29, 0.717) is 5.92 Å². The first kappa shape index (κ1) is 16.4. The Bertz CT molecular complexity index is 463. The van der Waals surface area contributed by atoms with Crippen molar-refractivity contribution in [1.82, 2.24) is 5.43 Å². The molecule has 3 rings (SSSR count). The molecule has 3 N–H and O–H groups in total. The normalized spacial score (nSPS) is 26.9. The van der Waals surface area contributed by atoms with Crippen LogP contribution in [-0.2, 0) is 4.74 Å². The van der Waals surface area contributed by atoms with Gasteiger partial charge < -0.3 is 4.74 Å². The third kappa shape index (κ3) is 3.56. The molecule has 0 bridgehead atoms. The first-order valence-electron chi connectivity index (χ1n) is 7.68. The van der Waals surface area contributed by atoms with Crippen LogP contribution in [0.3, 0.4) is 0 Å². The molecule has 0 amide bonds. The molecule has 1 aromatic rings. The van der Waals surface area contributed by atoms with E-state index in [0.717, 1.165) is 27.7 Å². The Hall–Kier alpha value is 0.540. The number of nitrogens with one attached hydrogen (secondary N) is 1. The van der Waals surface area contributed by atoms with Gasteiger partial charge in [-0.05, 0) is 69.5 Å². The van der Waals surface area contributed by atoms with Gasteiger partial charge in [-0.15, -0.1) is 11.3 Å². The molecule has 1 aliphatic carbocycles. The van der Waals surface area contributed by atoms with E-state index in [-0.39, 0.29) is 11.6 Å². The van der Waals surface area contributed by atoms with Crippen molar-refractivity contribution in [2.75, 3.05) is 6.61 Å². The summed E-state index contributed by atoms with van der Waals surface area (Å²) in [6, 6.07) is 2.41. The Balaban J connectivity index is 1.77. The van der Waals surface area contributed by atoms with Crippen LogP contribution in [0.15, 0.2) is 14.3 Å². The zero-order valence-corrected chi connectivity index (χ0v) is 16.0. The highest BCUT2D eigenvalue weighted by atomic mass is 79.9. The molecular formula is C15H22Br2N2OS. The monoisotopic (exact) mass is 436 g/mol. The van der Waals surface area contributed by atoms with Crippen LogP contribution in [-0.4, -0.2) is 12.2 Å². The van der Waals surface area contributed by atoms with Gasteiger partial charge >= 0.3 is 0 Å². The number of halogens is 2. The largest absolute Gasteiger partial charge is 0.375 e. The number of thiophene rings is 1. The van der Waals surface area contributed by atoms with E-state index in [1.165, 1.54) is 37.0 Å². The third-order valence-electron chi connectivity index (χ3n) is 4.92. The molecule has 6 heteroatoms. The van der Waals surface area contributed by atoms with Crippen LogP contribution >= 0.6 is 43.2 Å². The van der Waals surface area contributed by atoms with Crippen LogP contribution in [0, 0.1) is 5.92 Å². The summed E-state index contributed by atoms with van der Waals surface area (Å²) >= 11 is 8.93. The van der Waals surface area contributed by atoms with Gasteiger partial charge in [-0.2, -0.15) is 0 Å². The second kappa shape index (κ2) is 6.97. The Labute approximate surface area is 147 Å². The first-order valence-corrected chi connectivity index (χ1v) is 10.1. The van der Waals surface area contributed by atoms with Gasteiger partial charge in [0.2, 0.25) is 0 Å². The lowest BCUT2D eigenvalue weighted by molar-refractivity contribution is -0.122. The van der Waals surface area contributed by atoms with Gasteiger partial charge in [0.25, 0.3) is 0 Å². The average molecular weight is 438 g/mol. The third-order valence-corrected chi connectivity index (χ3v) is 8.26. The van der Waals surface area contributed by atoms with Crippen LogP contribution in [0.25, 0.3) is 0 Å². The SMILES string of the molecule is NNC(c1cc(Br)c(Br)s1)C1CCOC2(CCCCC2)C1. The Morgan fingerprint density at radius 2 is 2.10 bits per heavy atom. The quantitative estimate of drug-likeness (QED) is 0.521. The molecule has 1 saturated heterocycles. The summed E-state index contributed by atoms with van der Waals surface area (Å²) in [5.74, 6) is 6.45. The lowest BCUT2D eigenvalue weighted by Crippen LogP contribution is -2.45. The van der Waals surface area contributed by atoms with Crippen molar-refractivity contribution in [2.45, 2.75) is 56.6 Å². The zero-order valence-electron chi connectivity index (χ0n) is 12.0. The van der Waals surface area contributed by atoms with Crippen molar-refractivity contribution in [3.63, 3.8) is 0 Å². The van der Waals surface area contributed by atoms with Gasteiger partial charge in [0.05, 0.1) is 15.4 Å². The van der Waals surface area contributed by atoms with Crippen LogP contribution in [0.5, 0.6) is 0 Å². The standard InChI is InChI=1S/C15H22Br2N2OS/c16-11-8-12(21-14(11)17)13(19-18)10-4-7-20-15(9-10)5-2-1-3-6-15/h8,10,13,19H,1-7,9,18H2. The highest BCUT2D eigenvalue weighted by Crippen LogP contribution is 2.46. The number of ether oxygens (including phenoxy) is 1. The van der Waals surface area contributed by atoms with Gasteiger partial charge in [-0.1, -0.05) is 19.3 Å². The zero-order chi connectivity index (χ0) is 14.9. The number of rotatable bonds is 3. The summed E-state index contributed by atoms with van der Waals surface area (Å²) < 4.78 is 8.46. The molecule has 2 fully saturated rings. The van der Waals surface area contributed by atoms with E-state index < -0.39 is 0 Å². The van der Waals surface area contributed by atoms with Crippen LogP contribution < -0.4 is 11.3 Å². The molecule has 3 nitrogen and oxygen atoms in total. The van der Waals surface area contributed by atoms with Gasteiger partial charge in [-0.25, -0.2) is 0 Å². The van der Waals surface area contributed by atoms with E-state index in [2.05, 4.69) is 43.4 Å². The van der Waals surface area contributed by atoms with E-state index in [4.69, 9.17) is 10.6 Å². The highest BCUT2D eigenvalue weighted by molar-refractivity contribution is 9.13. The summed E-state index contributed by atoms with van der Waals surface area (Å²) in [5, 5.41) is 0. The average Bonchev–Trinajstić information content (AvgIpc) is 2.80. The van der Waals surface area contributed by atoms with Crippen LogP contribution in [0.4, 0.5) is 0 Å². The van der Waals surface area contributed by atoms with Crippen molar-refractivity contribution >= 4 is 43.2 Å². The number of hydrazine groups is 1. The smallest absolute Gasteiger partial charge is 0.0843 e. The van der Waals surface area contributed by atoms with E-state index in [1.54, 1.807) is 11.3 Å². The van der Waals surface area contributed by atoms with Crippen molar-refractivity contribution in [3.8, 4) is 0 Å². The Morgan fingerprint density at radius 3 is 2.71 bits per heavy atom. The molecule has 2 heterocycles. The van der Waals surface area contributed by atoms with E-state index >= 15 is 0 Å². The van der Waals surface area contributed by atoms with Gasteiger partial charge in [0.1, 0.15) is 0 Å². The van der Waals surface area contributed by atoms with Crippen molar-refractivity contribution < 1.29 is 4.74 Å². The van der Waals surface area contributed by atoms with Crippen LogP contribution in [0.1, 0.15) is 55.9 Å². The number of hydrogen-bond donors (Lipinski definition) is 2. The lowest BCUT2D eigenvalue weighted by Gasteiger charge is -2.45. The van der Waals surface area contributed by atoms with E-state index in [9.17, 15) is 0 Å². The predicted octanol–water partition coefficient (Wildman–Crippen LogP) is 4.91. The predicted molar refractivity (Wildman–Crippen MR) is 94.3 cm³/mol. The molecule has 2 unspecified atom stereocenters. The number of hydrogen-bond acceptors (Lipinski definition) is 4. The molecule has 1 spiro atoms. The molecule has 1 aliphatic heterocycles. The molecule has 21 heavy (non-hydrogen) atoms. The summed E-state index contributed by atoms with van der Waals surface area (Å²) in [5.41, 5.74) is 3.19. The molecule has 0 aromatic carbocycles. The fraction of sp³-hybridized carbons (Fsp3) is 0.733. The van der Waals surface area contributed by atoms with E-state index in [1.807, 2.05) is 0 Å². The first-order chi connectivity index (χ1) is 10.1. The van der Waals surface area contributed by atoms with Gasteiger partial charge in [0.15, 0.2) is 0 Å². The highest BCUT2D eigenvalue weighted by Gasteiger charge is 2.41. The minimum atomic E-state index is 0.127. The van der Waals surface area contributed by atoms with Crippen molar-refractivity contribution in [3.05, 3.63) is 19.2 Å². The molecule has 2 aliphatic rings. The minimum Gasteiger partial charge on any atom is -0.375 e. The van der Waals surface area contributed by atoms with Gasteiger partial charge in [-0.3, -0.25) is 11.3 Å². The minimum absolute atomic E-state index is 0.127. The molecule has 1 saturated carbocycles. The van der Waals surface area contributed by atoms with Crippen molar-refractivity contribution in [1.29, 1.82) is 0 Å². The lowest BCUT2D eigenvalue weighted by atomic mass is 9.74. The summed E-state index contributed by atoms with van der Waals surface area (Å²) in [6.07, 6.45) is 8.64. The Morgan fingerprint density at radius 1 is 1.33 bits per heavy atom. The van der Waals surface area contributed by atoms with Crippen LogP contribution in [0.2, 0.25) is 0 Å². The second-order valence-electron chi connectivity index (χ2n) is 6.26. The molecule has 118 valence electrons. The van der Waals surface area contributed by atoms with Gasteiger partial charge in [0, 0.05) is 16.0 Å². The molecular weight excluding hydrogens is 416 g/mol. The maximum atomic E-state index is 6.21. The summed E-state index contributed by atoms with van der Waals surface area (Å²) in [7, 11) is 0. The topological polar surface area (TPSA) is 47.3 Å². The maximum absolute atomic E-state index is 6.21. The summed E-state index contributed by atoms with van der Waals surface area (Å²) in [4.78, 5) is 1.30. The fourth-order valence-electron chi connectivity index (χ4n) is 3.86. The number of nitrogens with two attached hydrogens (primary N) is 1. The Kier molecular flexibility index (Phi) is 5.44. The fourth-order valence-corrected chi connectivity index (χ4v) is 6.11. The maximum Gasteiger partial charge on any atom is 0.0843 e. The second-order valence-corrected chi connectivity index (χ2v) is 9.52. The molecule has 1 aromatic heterocycles. The van der Waals surface area contributed by atoms with Crippen molar-refractivity contribution in [2.24, 2.45) is 11.8 Å². The molecule has 2 atom stereocenters.